The zero-order valence-corrected chi connectivity index (χ0v) is 11.8. The van der Waals surface area contributed by atoms with Crippen molar-refractivity contribution in [3.63, 3.8) is 0 Å². The molecule has 2 N–H and O–H groups in total. The summed E-state index contributed by atoms with van der Waals surface area (Å²) in [5, 5.41) is 0. The molecule has 0 fully saturated rings. The molecule has 1 amide bonds. The van der Waals surface area contributed by atoms with Gasteiger partial charge in [-0.25, -0.2) is 0 Å². The van der Waals surface area contributed by atoms with Crippen molar-refractivity contribution >= 4 is 30.7 Å². The Morgan fingerprint density at radius 2 is 2.06 bits per heavy atom. The Morgan fingerprint density at radius 1 is 1.47 bits per heavy atom. The summed E-state index contributed by atoms with van der Waals surface area (Å²) in [5.74, 6) is -0.0378. The van der Waals surface area contributed by atoms with Gasteiger partial charge in [-0.05, 0) is 25.5 Å². The maximum atomic E-state index is 11.9. The number of amides is 1. The molecular formula is C11H19Cl2N3O. The molecule has 1 atom stereocenters. The van der Waals surface area contributed by atoms with E-state index in [1.54, 1.807) is 24.3 Å². The Bertz CT molecular complexity index is 360. The number of aryl methyl sites for hydroxylation is 1. The summed E-state index contributed by atoms with van der Waals surface area (Å²) in [6.07, 6.45) is 3.30. The standard InChI is InChI=1S/C11H17N3O.2ClH/c1-8-4-10(7-13-6-8)11(15)14(3)9(2)5-12;;/h4,6-7,9H,5,12H2,1-3H3;2*1H. The van der Waals surface area contributed by atoms with Gasteiger partial charge in [0.1, 0.15) is 0 Å². The average molecular weight is 280 g/mol. The van der Waals surface area contributed by atoms with E-state index in [0.29, 0.717) is 12.1 Å². The Hall–Kier alpha value is -0.840. The van der Waals surface area contributed by atoms with Crippen LogP contribution in [0.1, 0.15) is 22.8 Å². The molecule has 98 valence electrons. The number of likely N-dealkylation sites (N-methyl/N-ethyl adjacent to an activating group) is 1. The third kappa shape index (κ3) is 4.89. The topological polar surface area (TPSA) is 59.2 Å². The second-order valence-corrected chi connectivity index (χ2v) is 3.75. The summed E-state index contributed by atoms with van der Waals surface area (Å²) in [6.45, 7) is 4.29. The van der Waals surface area contributed by atoms with Crippen LogP contribution >= 0.6 is 24.8 Å². The minimum Gasteiger partial charge on any atom is -0.338 e. The van der Waals surface area contributed by atoms with Crippen LogP contribution in [0.25, 0.3) is 0 Å². The van der Waals surface area contributed by atoms with E-state index >= 15 is 0 Å². The van der Waals surface area contributed by atoms with E-state index in [0.717, 1.165) is 5.56 Å². The van der Waals surface area contributed by atoms with Gasteiger partial charge in [0.25, 0.3) is 5.91 Å². The smallest absolute Gasteiger partial charge is 0.255 e. The van der Waals surface area contributed by atoms with Gasteiger partial charge in [0.2, 0.25) is 0 Å². The van der Waals surface area contributed by atoms with Crippen molar-refractivity contribution in [3.05, 3.63) is 29.6 Å². The number of carbonyl (C=O) groups excluding carboxylic acids is 1. The summed E-state index contributed by atoms with van der Waals surface area (Å²) in [5.41, 5.74) is 7.10. The van der Waals surface area contributed by atoms with Gasteiger partial charge in [0.15, 0.2) is 0 Å². The fourth-order valence-electron chi connectivity index (χ4n) is 1.23. The van der Waals surface area contributed by atoms with Gasteiger partial charge in [-0.3, -0.25) is 9.78 Å². The lowest BCUT2D eigenvalue weighted by Crippen LogP contribution is -2.39. The highest BCUT2D eigenvalue weighted by Crippen LogP contribution is 2.06. The molecule has 0 saturated heterocycles. The molecule has 0 aromatic carbocycles. The molecule has 0 aliphatic heterocycles. The molecule has 17 heavy (non-hydrogen) atoms. The normalized spacial score (nSPS) is 10.8. The molecule has 1 heterocycles. The van der Waals surface area contributed by atoms with Crippen LogP contribution in [0.3, 0.4) is 0 Å². The van der Waals surface area contributed by atoms with Crippen molar-refractivity contribution in [3.8, 4) is 0 Å². The van der Waals surface area contributed by atoms with Crippen LogP contribution in [0.15, 0.2) is 18.5 Å². The van der Waals surface area contributed by atoms with Crippen molar-refractivity contribution in [1.29, 1.82) is 0 Å². The van der Waals surface area contributed by atoms with Gasteiger partial charge in [-0.15, -0.1) is 24.8 Å². The van der Waals surface area contributed by atoms with E-state index in [1.165, 1.54) is 0 Å². The van der Waals surface area contributed by atoms with Crippen molar-refractivity contribution in [2.45, 2.75) is 19.9 Å². The molecule has 4 nitrogen and oxygen atoms in total. The lowest BCUT2D eigenvalue weighted by Gasteiger charge is -2.23. The van der Waals surface area contributed by atoms with Gasteiger partial charge < -0.3 is 10.6 Å². The first kappa shape index (κ1) is 18.5. The highest BCUT2D eigenvalue weighted by Gasteiger charge is 2.16. The van der Waals surface area contributed by atoms with E-state index in [-0.39, 0.29) is 36.8 Å². The predicted molar refractivity (Wildman–Crippen MR) is 74.1 cm³/mol. The lowest BCUT2D eigenvalue weighted by molar-refractivity contribution is 0.0748. The highest BCUT2D eigenvalue weighted by molar-refractivity contribution is 5.94. The number of rotatable bonds is 3. The van der Waals surface area contributed by atoms with Crippen LogP contribution in [0.2, 0.25) is 0 Å². The summed E-state index contributed by atoms with van der Waals surface area (Å²) >= 11 is 0. The molecule has 0 bridgehead atoms. The van der Waals surface area contributed by atoms with E-state index in [9.17, 15) is 4.79 Å². The Balaban J connectivity index is 0. The number of hydrogen-bond acceptors (Lipinski definition) is 3. The number of carbonyl (C=O) groups is 1. The monoisotopic (exact) mass is 279 g/mol. The molecule has 0 spiro atoms. The van der Waals surface area contributed by atoms with Crippen LogP contribution < -0.4 is 5.73 Å². The fraction of sp³-hybridized carbons (Fsp3) is 0.455. The van der Waals surface area contributed by atoms with Crippen LogP contribution in [-0.4, -0.2) is 35.4 Å². The number of hydrogen-bond donors (Lipinski definition) is 1. The number of nitrogens with zero attached hydrogens (tertiary/aromatic N) is 2. The second kappa shape index (κ2) is 8.28. The Morgan fingerprint density at radius 3 is 2.53 bits per heavy atom. The van der Waals surface area contributed by atoms with Gasteiger partial charge >= 0.3 is 0 Å². The summed E-state index contributed by atoms with van der Waals surface area (Å²) in [7, 11) is 1.75. The molecule has 1 aromatic rings. The molecule has 0 aliphatic rings. The summed E-state index contributed by atoms with van der Waals surface area (Å²) in [4.78, 5) is 17.6. The summed E-state index contributed by atoms with van der Waals surface area (Å²) < 4.78 is 0. The quantitative estimate of drug-likeness (QED) is 0.916. The number of pyridine rings is 1. The van der Waals surface area contributed by atoms with Gasteiger partial charge in [-0.1, -0.05) is 0 Å². The van der Waals surface area contributed by atoms with E-state index in [4.69, 9.17) is 5.73 Å². The van der Waals surface area contributed by atoms with Crippen LogP contribution in [0.5, 0.6) is 0 Å². The number of halogens is 2. The zero-order chi connectivity index (χ0) is 11.4. The molecular weight excluding hydrogens is 261 g/mol. The Labute approximate surface area is 114 Å². The largest absolute Gasteiger partial charge is 0.338 e. The molecule has 6 heteroatoms. The van der Waals surface area contributed by atoms with Crippen molar-refractivity contribution in [2.24, 2.45) is 5.73 Å². The van der Waals surface area contributed by atoms with Crippen molar-refractivity contribution in [2.75, 3.05) is 13.6 Å². The van der Waals surface area contributed by atoms with Crippen molar-refractivity contribution < 1.29 is 4.79 Å². The molecule has 1 aromatic heterocycles. The number of aromatic nitrogens is 1. The first-order valence-electron chi connectivity index (χ1n) is 4.95. The van der Waals surface area contributed by atoms with Gasteiger partial charge in [-0.2, -0.15) is 0 Å². The number of nitrogens with two attached hydrogens (primary N) is 1. The summed E-state index contributed by atoms with van der Waals surface area (Å²) in [6, 6.07) is 1.87. The van der Waals surface area contributed by atoms with Crippen LogP contribution in [0.4, 0.5) is 0 Å². The first-order chi connectivity index (χ1) is 7.06. The Kier molecular flexibility index (Phi) is 9.02. The van der Waals surface area contributed by atoms with Crippen LogP contribution in [0, 0.1) is 6.92 Å². The maximum absolute atomic E-state index is 11.9. The average Bonchev–Trinajstić information content (AvgIpc) is 2.26. The molecule has 0 radical (unpaired) electrons. The predicted octanol–water partition coefficient (Wildman–Crippen LogP) is 1.65. The minimum absolute atomic E-state index is 0. The molecule has 0 aliphatic carbocycles. The maximum Gasteiger partial charge on any atom is 0.255 e. The second-order valence-electron chi connectivity index (χ2n) is 3.75. The zero-order valence-electron chi connectivity index (χ0n) is 10.2. The van der Waals surface area contributed by atoms with Gasteiger partial charge in [0, 0.05) is 32.0 Å². The van der Waals surface area contributed by atoms with E-state index in [1.807, 2.05) is 19.9 Å². The third-order valence-electron chi connectivity index (χ3n) is 2.44. The highest BCUT2D eigenvalue weighted by atomic mass is 35.5. The van der Waals surface area contributed by atoms with Crippen molar-refractivity contribution in [1.82, 2.24) is 9.88 Å². The molecule has 1 rings (SSSR count). The van der Waals surface area contributed by atoms with Gasteiger partial charge in [0.05, 0.1) is 5.56 Å². The fourth-order valence-corrected chi connectivity index (χ4v) is 1.23. The van der Waals surface area contributed by atoms with E-state index < -0.39 is 0 Å². The molecule has 1 unspecified atom stereocenters. The van der Waals surface area contributed by atoms with E-state index in [2.05, 4.69) is 4.98 Å². The third-order valence-corrected chi connectivity index (χ3v) is 2.44. The van der Waals surface area contributed by atoms with Crippen LogP contribution in [-0.2, 0) is 0 Å². The molecule has 0 saturated carbocycles. The SMILES string of the molecule is Cc1cncc(C(=O)N(C)C(C)CN)c1.Cl.Cl. The lowest BCUT2D eigenvalue weighted by atomic mass is 10.2. The first-order valence-corrected chi connectivity index (χ1v) is 4.95. The minimum atomic E-state index is -0.0378.